The van der Waals surface area contributed by atoms with Crippen LogP contribution in [-0.2, 0) is 16.1 Å². The third kappa shape index (κ3) is 3.86. The van der Waals surface area contributed by atoms with Gasteiger partial charge in [0, 0.05) is 13.1 Å². The van der Waals surface area contributed by atoms with Crippen LogP contribution in [-0.4, -0.2) is 66.9 Å². The van der Waals surface area contributed by atoms with Crippen molar-refractivity contribution >= 4 is 19.0 Å². The van der Waals surface area contributed by atoms with Gasteiger partial charge in [-0.2, -0.15) is 0 Å². The largest absolute Gasteiger partial charge is 0.535 e. The van der Waals surface area contributed by atoms with E-state index in [0.717, 1.165) is 5.56 Å². The van der Waals surface area contributed by atoms with E-state index in [-0.39, 0.29) is 35.6 Å². The third-order valence-corrected chi connectivity index (χ3v) is 4.13. The van der Waals surface area contributed by atoms with Crippen LogP contribution in [0, 0.1) is 0 Å². The number of carbonyl (C=O) groups excluding carboxylic acids is 1. The smallest absolute Gasteiger partial charge is 0.522 e. The van der Waals surface area contributed by atoms with Crippen molar-refractivity contribution in [3.05, 3.63) is 23.3 Å². The number of fused-ring (bicyclic) bond motifs is 1. The Bertz CT molecular complexity index is 678. The zero-order chi connectivity index (χ0) is 18.0. The van der Waals surface area contributed by atoms with Crippen LogP contribution in [0.4, 0.5) is 0 Å². The first-order chi connectivity index (χ1) is 12.0. The monoisotopic (exact) mass is 350 g/mol. The molecule has 2 heterocycles. The molecule has 25 heavy (non-hydrogen) atoms. The molecule has 2 aliphatic heterocycles. The summed E-state index contributed by atoms with van der Waals surface area (Å²) in [6, 6.07) is 3.37. The SMILES string of the molecule is CONC(=O)CN1CC(Oc2ccc3c(c2C(=O)O)OB(O)CC3)C1. The van der Waals surface area contributed by atoms with Crippen molar-refractivity contribution < 1.29 is 33.9 Å². The lowest BCUT2D eigenvalue weighted by Crippen LogP contribution is -2.56. The summed E-state index contributed by atoms with van der Waals surface area (Å²) < 4.78 is 11.1. The molecule has 1 aromatic rings. The highest BCUT2D eigenvalue weighted by Gasteiger charge is 2.34. The van der Waals surface area contributed by atoms with E-state index in [0.29, 0.717) is 25.8 Å². The first-order valence-corrected chi connectivity index (χ1v) is 7.92. The molecule has 0 bridgehead atoms. The maximum Gasteiger partial charge on any atom is 0.522 e. The Morgan fingerprint density at radius 2 is 2.20 bits per heavy atom. The summed E-state index contributed by atoms with van der Waals surface area (Å²) >= 11 is 0. The molecule has 3 N–H and O–H groups in total. The van der Waals surface area contributed by atoms with E-state index in [1.54, 1.807) is 12.1 Å². The van der Waals surface area contributed by atoms with Gasteiger partial charge in [-0.1, -0.05) is 6.07 Å². The Kier molecular flexibility index (Phi) is 5.12. The minimum atomic E-state index is -1.17. The summed E-state index contributed by atoms with van der Waals surface area (Å²) in [6.07, 6.45) is 0.746. The molecule has 1 fully saturated rings. The number of rotatable bonds is 6. The zero-order valence-electron chi connectivity index (χ0n) is 13.7. The fraction of sp³-hybridized carbons (Fsp3) is 0.467. The molecule has 3 rings (SSSR count). The highest BCUT2D eigenvalue weighted by Crippen LogP contribution is 2.37. The zero-order valence-corrected chi connectivity index (χ0v) is 13.7. The van der Waals surface area contributed by atoms with Crippen LogP contribution in [0.2, 0.25) is 6.32 Å². The number of ether oxygens (including phenoxy) is 1. The number of aryl methyl sites for hydroxylation is 1. The first kappa shape index (κ1) is 17.5. The van der Waals surface area contributed by atoms with E-state index >= 15 is 0 Å². The number of aromatic carboxylic acids is 1. The molecular formula is C15H19BN2O7. The first-order valence-electron chi connectivity index (χ1n) is 7.92. The fourth-order valence-corrected chi connectivity index (χ4v) is 2.97. The van der Waals surface area contributed by atoms with Crippen LogP contribution in [0.15, 0.2) is 12.1 Å². The second kappa shape index (κ2) is 7.30. The second-order valence-corrected chi connectivity index (χ2v) is 6.01. The van der Waals surface area contributed by atoms with E-state index in [9.17, 15) is 19.7 Å². The second-order valence-electron chi connectivity index (χ2n) is 6.01. The van der Waals surface area contributed by atoms with E-state index in [1.165, 1.54) is 7.11 Å². The highest BCUT2D eigenvalue weighted by atomic mass is 16.6. The lowest BCUT2D eigenvalue weighted by molar-refractivity contribution is -0.134. The van der Waals surface area contributed by atoms with Crippen molar-refractivity contribution in [1.29, 1.82) is 0 Å². The predicted octanol–water partition coefficient (Wildman–Crippen LogP) is -0.459. The number of nitrogens with one attached hydrogen (secondary N) is 1. The molecule has 0 radical (unpaired) electrons. The van der Waals surface area contributed by atoms with Crippen LogP contribution in [0.5, 0.6) is 11.5 Å². The van der Waals surface area contributed by atoms with Gasteiger partial charge in [0.2, 0.25) is 0 Å². The molecular weight excluding hydrogens is 331 g/mol. The van der Waals surface area contributed by atoms with Gasteiger partial charge >= 0.3 is 13.1 Å². The van der Waals surface area contributed by atoms with E-state index in [4.69, 9.17) is 9.39 Å². The minimum absolute atomic E-state index is 0.0770. The number of benzene rings is 1. The Hall–Kier alpha value is -2.30. The highest BCUT2D eigenvalue weighted by molar-refractivity contribution is 6.44. The number of hydroxylamine groups is 1. The Morgan fingerprint density at radius 1 is 1.44 bits per heavy atom. The average molecular weight is 350 g/mol. The number of carboxylic acids is 1. The molecule has 2 aliphatic rings. The average Bonchev–Trinajstić information content (AvgIpc) is 2.52. The maximum atomic E-state index is 11.7. The Labute approximate surface area is 144 Å². The van der Waals surface area contributed by atoms with Crippen molar-refractivity contribution in [3.8, 4) is 11.5 Å². The van der Waals surface area contributed by atoms with Crippen LogP contribution in [0.3, 0.4) is 0 Å². The molecule has 0 aromatic heterocycles. The van der Waals surface area contributed by atoms with Gasteiger partial charge in [0.05, 0.1) is 13.7 Å². The van der Waals surface area contributed by atoms with Crippen LogP contribution in [0.25, 0.3) is 0 Å². The summed E-state index contributed by atoms with van der Waals surface area (Å²) in [5.41, 5.74) is 2.89. The number of carboxylic acid groups (broad SMARTS) is 1. The molecule has 0 atom stereocenters. The molecule has 1 aromatic carbocycles. The summed E-state index contributed by atoms with van der Waals surface area (Å²) in [6.45, 7) is 1.17. The lowest BCUT2D eigenvalue weighted by atomic mass is 9.78. The van der Waals surface area contributed by atoms with Gasteiger partial charge in [0.15, 0.2) is 0 Å². The molecule has 10 heteroatoms. The van der Waals surface area contributed by atoms with Crippen molar-refractivity contribution in [2.24, 2.45) is 0 Å². The molecule has 134 valence electrons. The van der Waals surface area contributed by atoms with Crippen molar-refractivity contribution in [2.45, 2.75) is 18.8 Å². The number of carbonyl (C=O) groups is 2. The van der Waals surface area contributed by atoms with E-state index in [2.05, 4.69) is 10.3 Å². The molecule has 1 amide bonds. The summed E-state index contributed by atoms with van der Waals surface area (Å²) in [5, 5.41) is 19.2. The van der Waals surface area contributed by atoms with Crippen molar-refractivity contribution in [1.82, 2.24) is 10.4 Å². The fourth-order valence-electron chi connectivity index (χ4n) is 2.97. The Morgan fingerprint density at radius 3 is 2.88 bits per heavy atom. The quantitative estimate of drug-likeness (QED) is 0.466. The van der Waals surface area contributed by atoms with Gasteiger partial charge in [-0.3, -0.25) is 14.5 Å². The number of hydrogen-bond donors (Lipinski definition) is 3. The lowest BCUT2D eigenvalue weighted by Gasteiger charge is -2.38. The minimum Gasteiger partial charge on any atom is -0.535 e. The molecule has 0 aliphatic carbocycles. The van der Waals surface area contributed by atoms with Crippen molar-refractivity contribution in [3.63, 3.8) is 0 Å². The number of hydrogen-bond acceptors (Lipinski definition) is 7. The normalized spacial score (nSPS) is 17.3. The summed E-state index contributed by atoms with van der Waals surface area (Å²) in [5.74, 6) is -1.06. The third-order valence-electron chi connectivity index (χ3n) is 4.13. The van der Waals surface area contributed by atoms with Crippen LogP contribution in [0.1, 0.15) is 15.9 Å². The van der Waals surface area contributed by atoms with Gasteiger partial charge < -0.3 is 19.5 Å². The molecule has 0 unspecified atom stereocenters. The molecule has 0 saturated carbocycles. The molecule has 0 spiro atoms. The maximum absolute atomic E-state index is 11.7. The Balaban J connectivity index is 1.67. The molecule has 9 nitrogen and oxygen atoms in total. The predicted molar refractivity (Wildman–Crippen MR) is 86.5 cm³/mol. The standard InChI is InChI=1S/C15H19BN2O7/c1-23-17-12(19)8-18-6-10(7-18)24-11-3-2-9-4-5-16(22)25-14(9)13(11)15(20)21/h2-3,10,22H,4-8H2,1H3,(H,17,19)(H,20,21). The van der Waals surface area contributed by atoms with Crippen LogP contribution >= 0.6 is 0 Å². The summed E-state index contributed by atoms with van der Waals surface area (Å²) in [7, 11) is 0.349. The molecule has 1 saturated heterocycles. The van der Waals surface area contributed by atoms with Crippen LogP contribution < -0.4 is 14.9 Å². The van der Waals surface area contributed by atoms with Crippen molar-refractivity contribution in [2.75, 3.05) is 26.7 Å². The van der Waals surface area contributed by atoms with Gasteiger partial charge in [-0.25, -0.2) is 10.3 Å². The van der Waals surface area contributed by atoms with Gasteiger partial charge in [0.1, 0.15) is 23.2 Å². The number of nitrogens with zero attached hydrogens (tertiary/aromatic N) is 1. The van der Waals surface area contributed by atoms with Gasteiger partial charge in [0.25, 0.3) is 5.91 Å². The van der Waals surface area contributed by atoms with E-state index < -0.39 is 13.1 Å². The van der Waals surface area contributed by atoms with Gasteiger partial charge in [-0.15, -0.1) is 0 Å². The topological polar surface area (TPSA) is 118 Å². The van der Waals surface area contributed by atoms with Gasteiger partial charge in [-0.05, 0) is 24.4 Å². The van der Waals surface area contributed by atoms with E-state index in [1.807, 2.05) is 4.90 Å². The number of likely N-dealkylation sites (tertiary alicyclic amines) is 1. The number of amides is 1. The summed E-state index contributed by atoms with van der Waals surface area (Å²) in [4.78, 5) is 29.4.